The van der Waals surface area contributed by atoms with Crippen molar-refractivity contribution < 1.29 is 5.11 Å². The van der Waals surface area contributed by atoms with Crippen LogP contribution in [0.5, 0.6) is 0 Å². The minimum Gasteiger partial charge on any atom is -0.391 e. The van der Waals surface area contributed by atoms with Gasteiger partial charge in [0.1, 0.15) is 11.6 Å². The van der Waals surface area contributed by atoms with Crippen molar-refractivity contribution in [2.45, 2.75) is 31.4 Å². The lowest BCUT2D eigenvalue weighted by atomic mass is 10.3. The maximum absolute atomic E-state index is 9.52. The predicted octanol–water partition coefficient (Wildman–Crippen LogP) is 0.204. The summed E-state index contributed by atoms with van der Waals surface area (Å²) in [4.78, 5) is 10.4. The maximum atomic E-state index is 9.52. The number of nitrogens with two attached hydrogens (primary N) is 1. The number of hydrogen-bond donors (Lipinski definition) is 3. The standard InChI is InChI=1S/C11H17N5O/c12-11-14-9(13-7-1-2-7)5-10(15-11)16-4-3-8(17)6-16/h5,7-8,17H,1-4,6H2,(H3,12,13,14,15). The van der Waals surface area contributed by atoms with E-state index in [4.69, 9.17) is 5.73 Å². The van der Waals surface area contributed by atoms with Crippen LogP contribution in [0.1, 0.15) is 19.3 Å². The topological polar surface area (TPSA) is 87.3 Å². The summed E-state index contributed by atoms with van der Waals surface area (Å²) in [5, 5.41) is 12.8. The number of rotatable bonds is 3. The monoisotopic (exact) mass is 235 g/mol. The molecule has 2 heterocycles. The van der Waals surface area contributed by atoms with E-state index in [0.29, 0.717) is 12.6 Å². The van der Waals surface area contributed by atoms with E-state index in [-0.39, 0.29) is 12.1 Å². The number of aliphatic hydroxyl groups is 1. The molecule has 0 bridgehead atoms. The molecule has 0 radical (unpaired) electrons. The Morgan fingerprint density at radius 1 is 1.35 bits per heavy atom. The van der Waals surface area contributed by atoms with Gasteiger partial charge in [0.2, 0.25) is 5.95 Å². The fraction of sp³-hybridized carbons (Fsp3) is 0.636. The molecule has 2 aliphatic rings. The van der Waals surface area contributed by atoms with Gasteiger partial charge in [0.05, 0.1) is 6.10 Å². The van der Waals surface area contributed by atoms with Gasteiger partial charge in [-0.2, -0.15) is 9.97 Å². The van der Waals surface area contributed by atoms with E-state index in [1.54, 1.807) is 0 Å². The van der Waals surface area contributed by atoms with Crippen molar-refractivity contribution in [1.82, 2.24) is 9.97 Å². The van der Waals surface area contributed by atoms with Crippen LogP contribution >= 0.6 is 0 Å². The molecule has 1 saturated carbocycles. The first-order chi connectivity index (χ1) is 8.20. The molecule has 1 saturated heterocycles. The number of nitrogen functional groups attached to an aromatic ring is 1. The summed E-state index contributed by atoms with van der Waals surface area (Å²) in [6.07, 6.45) is 2.92. The molecule has 1 unspecified atom stereocenters. The molecule has 1 aromatic heterocycles. The highest BCUT2D eigenvalue weighted by Gasteiger charge is 2.24. The molecule has 0 spiro atoms. The molecule has 1 aliphatic carbocycles. The van der Waals surface area contributed by atoms with E-state index < -0.39 is 0 Å². The van der Waals surface area contributed by atoms with Crippen molar-refractivity contribution in [2.24, 2.45) is 0 Å². The second-order valence-corrected chi connectivity index (χ2v) is 4.78. The van der Waals surface area contributed by atoms with Crippen molar-refractivity contribution in [1.29, 1.82) is 0 Å². The number of nitrogens with one attached hydrogen (secondary N) is 1. The summed E-state index contributed by atoms with van der Waals surface area (Å²) < 4.78 is 0. The highest BCUT2D eigenvalue weighted by molar-refractivity contribution is 5.54. The Morgan fingerprint density at radius 2 is 2.18 bits per heavy atom. The van der Waals surface area contributed by atoms with Gasteiger partial charge in [-0.05, 0) is 19.3 Å². The molecule has 1 atom stereocenters. The van der Waals surface area contributed by atoms with Crippen LogP contribution in [0.25, 0.3) is 0 Å². The molecule has 1 aliphatic heterocycles. The van der Waals surface area contributed by atoms with Gasteiger partial charge in [0.25, 0.3) is 0 Å². The third-order valence-corrected chi connectivity index (χ3v) is 3.15. The summed E-state index contributed by atoms with van der Waals surface area (Å²) >= 11 is 0. The first kappa shape index (κ1) is 10.6. The van der Waals surface area contributed by atoms with Gasteiger partial charge >= 0.3 is 0 Å². The second kappa shape index (κ2) is 4.03. The number of aromatic nitrogens is 2. The smallest absolute Gasteiger partial charge is 0.223 e. The van der Waals surface area contributed by atoms with Gasteiger partial charge in [-0.15, -0.1) is 0 Å². The van der Waals surface area contributed by atoms with Gasteiger partial charge in [-0.3, -0.25) is 0 Å². The first-order valence-electron chi connectivity index (χ1n) is 6.05. The molecule has 3 rings (SSSR count). The molecule has 17 heavy (non-hydrogen) atoms. The van der Waals surface area contributed by atoms with Gasteiger partial charge < -0.3 is 21.1 Å². The normalized spacial score (nSPS) is 24.1. The fourth-order valence-corrected chi connectivity index (χ4v) is 2.08. The number of β-amino-alcohol motifs (C(OH)–C–C–N with tert-alkyl or cyclic N) is 1. The molecule has 0 amide bonds. The Labute approximate surface area is 99.9 Å². The van der Waals surface area contributed by atoms with Crippen LogP contribution in [0, 0.1) is 0 Å². The number of aliphatic hydroxyl groups excluding tert-OH is 1. The van der Waals surface area contributed by atoms with Crippen LogP contribution in [-0.4, -0.2) is 40.3 Å². The van der Waals surface area contributed by atoms with Crippen molar-refractivity contribution in [3.8, 4) is 0 Å². The minimum atomic E-state index is -0.258. The summed E-state index contributed by atoms with van der Waals surface area (Å²) in [6, 6.07) is 2.45. The quantitative estimate of drug-likeness (QED) is 0.694. The maximum Gasteiger partial charge on any atom is 0.223 e. The highest BCUT2D eigenvalue weighted by Crippen LogP contribution is 2.26. The fourth-order valence-electron chi connectivity index (χ4n) is 2.08. The van der Waals surface area contributed by atoms with Gasteiger partial charge in [-0.25, -0.2) is 0 Å². The van der Waals surface area contributed by atoms with E-state index in [0.717, 1.165) is 24.6 Å². The molecule has 6 heteroatoms. The molecule has 2 fully saturated rings. The third-order valence-electron chi connectivity index (χ3n) is 3.15. The lowest BCUT2D eigenvalue weighted by molar-refractivity contribution is 0.198. The van der Waals surface area contributed by atoms with Crippen LogP contribution < -0.4 is 16.0 Å². The summed E-state index contributed by atoms with van der Waals surface area (Å²) in [5.41, 5.74) is 5.71. The molecular formula is C11H17N5O. The lowest BCUT2D eigenvalue weighted by Crippen LogP contribution is -2.23. The van der Waals surface area contributed by atoms with E-state index in [1.165, 1.54) is 12.8 Å². The Balaban J connectivity index is 1.80. The van der Waals surface area contributed by atoms with Crippen molar-refractivity contribution in [3.05, 3.63) is 6.07 Å². The number of nitrogens with zero attached hydrogens (tertiary/aromatic N) is 3. The Morgan fingerprint density at radius 3 is 2.82 bits per heavy atom. The summed E-state index contributed by atoms with van der Waals surface area (Å²) in [7, 11) is 0. The van der Waals surface area contributed by atoms with Crippen molar-refractivity contribution in [2.75, 3.05) is 29.0 Å². The Kier molecular flexibility index (Phi) is 2.51. The average molecular weight is 235 g/mol. The van der Waals surface area contributed by atoms with E-state index in [9.17, 15) is 5.11 Å². The zero-order valence-electron chi connectivity index (χ0n) is 9.63. The molecule has 6 nitrogen and oxygen atoms in total. The van der Waals surface area contributed by atoms with Crippen LogP contribution in [0.2, 0.25) is 0 Å². The SMILES string of the molecule is Nc1nc(NC2CC2)cc(N2CCC(O)C2)n1. The molecular weight excluding hydrogens is 218 g/mol. The zero-order valence-corrected chi connectivity index (χ0v) is 9.63. The van der Waals surface area contributed by atoms with Crippen molar-refractivity contribution >= 4 is 17.6 Å². The number of anilines is 3. The van der Waals surface area contributed by atoms with Crippen LogP contribution in [-0.2, 0) is 0 Å². The molecule has 0 aromatic carbocycles. The summed E-state index contributed by atoms with van der Waals surface area (Å²) in [5.74, 6) is 1.88. The first-order valence-corrected chi connectivity index (χ1v) is 6.05. The second-order valence-electron chi connectivity index (χ2n) is 4.78. The van der Waals surface area contributed by atoms with E-state index in [2.05, 4.69) is 15.3 Å². The third kappa shape index (κ3) is 2.41. The van der Waals surface area contributed by atoms with Gasteiger partial charge in [0, 0.05) is 25.2 Å². The van der Waals surface area contributed by atoms with Crippen molar-refractivity contribution in [3.63, 3.8) is 0 Å². The molecule has 4 N–H and O–H groups in total. The zero-order chi connectivity index (χ0) is 11.8. The van der Waals surface area contributed by atoms with Crippen LogP contribution in [0.15, 0.2) is 6.07 Å². The molecule has 1 aromatic rings. The van der Waals surface area contributed by atoms with E-state index in [1.807, 2.05) is 11.0 Å². The van der Waals surface area contributed by atoms with E-state index >= 15 is 0 Å². The average Bonchev–Trinajstić information content (AvgIpc) is 2.97. The molecule has 92 valence electrons. The Bertz CT molecular complexity index is 420. The van der Waals surface area contributed by atoms with Crippen LogP contribution in [0.4, 0.5) is 17.6 Å². The lowest BCUT2D eigenvalue weighted by Gasteiger charge is -2.17. The highest BCUT2D eigenvalue weighted by atomic mass is 16.3. The predicted molar refractivity (Wildman–Crippen MR) is 65.9 cm³/mol. The summed E-state index contributed by atoms with van der Waals surface area (Å²) in [6.45, 7) is 1.44. The Hall–Kier alpha value is -1.56. The van der Waals surface area contributed by atoms with Gasteiger partial charge in [0.15, 0.2) is 0 Å². The number of hydrogen-bond acceptors (Lipinski definition) is 6. The van der Waals surface area contributed by atoms with Gasteiger partial charge in [-0.1, -0.05) is 0 Å². The minimum absolute atomic E-state index is 0.258. The van der Waals surface area contributed by atoms with Crippen LogP contribution in [0.3, 0.4) is 0 Å². The largest absolute Gasteiger partial charge is 0.391 e.